The summed E-state index contributed by atoms with van der Waals surface area (Å²) in [4.78, 5) is 2.92. The Hall–Kier alpha value is -0.0800. The number of piperidine rings is 1. The van der Waals surface area contributed by atoms with Crippen molar-refractivity contribution < 1.29 is 0 Å². The van der Waals surface area contributed by atoms with Gasteiger partial charge in [0, 0.05) is 12.6 Å². The highest BCUT2D eigenvalue weighted by Gasteiger charge is 2.51. The zero-order chi connectivity index (χ0) is 14.3. The van der Waals surface area contributed by atoms with E-state index in [1.54, 1.807) is 38.5 Å². The van der Waals surface area contributed by atoms with E-state index in [0.29, 0.717) is 0 Å². The first-order valence-electron chi connectivity index (χ1n) is 9.65. The summed E-state index contributed by atoms with van der Waals surface area (Å²) in [5.41, 5.74) is 0.740. The van der Waals surface area contributed by atoms with E-state index in [-0.39, 0.29) is 0 Å². The van der Waals surface area contributed by atoms with Gasteiger partial charge in [-0.05, 0) is 101 Å². The van der Waals surface area contributed by atoms with Crippen LogP contribution in [0.2, 0.25) is 0 Å². The Labute approximate surface area is 131 Å². The molecule has 1 N–H and O–H groups in total. The van der Waals surface area contributed by atoms with Crippen molar-refractivity contribution in [3.05, 3.63) is 0 Å². The largest absolute Gasteiger partial charge is 0.320 e. The smallest absolute Gasteiger partial charge is 0.0108 e. The van der Waals surface area contributed by atoms with E-state index in [4.69, 9.17) is 0 Å². The van der Waals surface area contributed by atoms with Crippen LogP contribution in [0, 0.1) is 23.2 Å². The molecule has 1 aliphatic heterocycles. The van der Waals surface area contributed by atoms with E-state index in [1.165, 1.54) is 45.3 Å². The zero-order valence-electron chi connectivity index (χ0n) is 13.9. The van der Waals surface area contributed by atoms with Gasteiger partial charge >= 0.3 is 0 Å². The Balaban J connectivity index is 1.44. The maximum absolute atomic E-state index is 3.37. The molecule has 2 heteroatoms. The van der Waals surface area contributed by atoms with Gasteiger partial charge in [0.25, 0.3) is 0 Å². The standard InChI is InChI=1S/C19H34N2/c1-20-6-5-18-4-2-3-7-21(18)14-19-11-15-8-16(12-19)10-17(9-15)13-19/h15-18,20H,2-14H2,1H3. The van der Waals surface area contributed by atoms with Gasteiger partial charge in [0.15, 0.2) is 0 Å². The summed E-state index contributed by atoms with van der Waals surface area (Å²) >= 11 is 0. The van der Waals surface area contributed by atoms with E-state index in [1.807, 2.05) is 0 Å². The van der Waals surface area contributed by atoms with E-state index in [2.05, 4.69) is 17.3 Å². The summed E-state index contributed by atoms with van der Waals surface area (Å²) in [6, 6.07) is 0.874. The average Bonchev–Trinajstić information content (AvgIpc) is 2.44. The molecule has 120 valence electrons. The number of rotatable bonds is 5. The predicted octanol–water partition coefficient (Wildman–Crippen LogP) is 3.67. The molecule has 0 aromatic carbocycles. The minimum absolute atomic E-state index is 0.740. The quantitative estimate of drug-likeness (QED) is 0.831. The van der Waals surface area contributed by atoms with Crippen LogP contribution in [0.25, 0.3) is 0 Å². The first-order valence-corrected chi connectivity index (χ1v) is 9.65. The molecule has 1 unspecified atom stereocenters. The van der Waals surface area contributed by atoms with Crippen molar-refractivity contribution >= 4 is 0 Å². The van der Waals surface area contributed by atoms with Crippen molar-refractivity contribution in [2.24, 2.45) is 23.2 Å². The van der Waals surface area contributed by atoms with E-state index >= 15 is 0 Å². The lowest BCUT2D eigenvalue weighted by atomic mass is 9.49. The summed E-state index contributed by atoms with van der Waals surface area (Å²) in [6.07, 6.45) is 15.2. The Kier molecular flexibility index (Phi) is 4.04. The van der Waals surface area contributed by atoms with Crippen molar-refractivity contribution in [3.63, 3.8) is 0 Å². The van der Waals surface area contributed by atoms with Gasteiger partial charge < -0.3 is 5.32 Å². The minimum Gasteiger partial charge on any atom is -0.320 e. The lowest BCUT2D eigenvalue weighted by Gasteiger charge is -2.58. The second kappa shape index (κ2) is 5.85. The van der Waals surface area contributed by atoms with E-state index in [0.717, 1.165) is 29.2 Å². The van der Waals surface area contributed by atoms with E-state index < -0.39 is 0 Å². The maximum atomic E-state index is 3.37. The molecule has 5 aliphatic rings. The normalized spacial score (nSPS) is 46.1. The molecule has 1 heterocycles. The molecule has 0 radical (unpaired) electrons. The molecule has 4 bridgehead atoms. The van der Waals surface area contributed by atoms with Crippen LogP contribution in [-0.4, -0.2) is 37.6 Å². The topological polar surface area (TPSA) is 15.3 Å². The van der Waals surface area contributed by atoms with Crippen LogP contribution in [0.4, 0.5) is 0 Å². The fraction of sp³-hybridized carbons (Fsp3) is 1.00. The molecule has 5 fully saturated rings. The number of likely N-dealkylation sites (tertiary alicyclic amines) is 1. The first-order chi connectivity index (χ1) is 10.3. The molecule has 1 saturated heterocycles. The Bertz CT molecular complexity index is 329. The van der Waals surface area contributed by atoms with Crippen LogP contribution in [0.5, 0.6) is 0 Å². The first kappa shape index (κ1) is 14.5. The van der Waals surface area contributed by atoms with Gasteiger partial charge in [0.1, 0.15) is 0 Å². The van der Waals surface area contributed by atoms with Gasteiger partial charge in [-0.1, -0.05) is 6.42 Å². The van der Waals surface area contributed by atoms with Crippen LogP contribution in [0.3, 0.4) is 0 Å². The third-order valence-electron chi connectivity index (χ3n) is 7.18. The second-order valence-electron chi connectivity index (χ2n) is 8.93. The lowest BCUT2D eigenvalue weighted by Crippen LogP contribution is -2.54. The molecule has 0 amide bonds. The molecular formula is C19H34N2. The molecule has 5 rings (SSSR count). The second-order valence-corrected chi connectivity index (χ2v) is 8.93. The molecule has 4 aliphatic carbocycles. The summed E-state index contributed by atoms with van der Waals surface area (Å²) in [5.74, 6) is 3.32. The minimum atomic E-state index is 0.740. The SMILES string of the molecule is CNCCC1CCCCN1CC12CC3CC(CC(C3)C1)C2. The molecule has 0 aromatic rings. The summed E-state index contributed by atoms with van der Waals surface area (Å²) < 4.78 is 0. The number of nitrogens with zero attached hydrogens (tertiary/aromatic N) is 1. The fourth-order valence-corrected chi connectivity index (χ4v) is 6.82. The number of hydrogen-bond acceptors (Lipinski definition) is 2. The van der Waals surface area contributed by atoms with Gasteiger partial charge in [0.05, 0.1) is 0 Å². The van der Waals surface area contributed by atoms with Crippen molar-refractivity contribution in [2.75, 3.05) is 26.7 Å². The third kappa shape index (κ3) is 2.91. The summed E-state index contributed by atoms with van der Waals surface area (Å²) in [6.45, 7) is 4.03. The molecule has 0 aromatic heterocycles. The van der Waals surface area contributed by atoms with Gasteiger partial charge in [-0.2, -0.15) is 0 Å². The fourth-order valence-electron chi connectivity index (χ4n) is 6.82. The van der Waals surface area contributed by atoms with Crippen LogP contribution < -0.4 is 5.32 Å². The monoisotopic (exact) mass is 290 g/mol. The van der Waals surface area contributed by atoms with Gasteiger partial charge in [-0.25, -0.2) is 0 Å². The maximum Gasteiger partial charge on any atom is 0.0108 e. The van der Waals surface area contributed by atoms with Gasteiger partial charge in [-0.15, -0.1) is 0 Å². The molecular weight excluding hydrogens is 256 g/mol. The predicted molar refractivity (Wildman–Crippen MR) is 88.4 cm³/mol. The Morgan fingerprint density at radius 3 is 2.29 bits per heavy atom. The van der Waals surface area contributed by atoms with Crippen LogP contribution in [0.15, 0.2) is 0 Å². The Morgan fingerprint density at radius 1 is 1.00 bits per heavy atom. The third-order valence-corrected chi connectivity index (χ3v) is 7.18. The van der Waals surface area contributed by atoms with Crippen molar-refractivity contribution in [3.8, 4) is 0 Å². The average molecular weight is 290 g/mol. The molecule has 1 atom stereocenters. The van der Waals surface area contributed by atoms with Crippen molar-refractivity contribution in [2.45, 2.75) is 70.3 Å². The molecule has 0 spiro atoms. The van der Waals surface area contributed by atoms with Crippen LogP contribution in [0.1, 0.15) is 64.2 Å². The van der Waals surface area contributed by atoms with Crippen LogP contribution >= 0.6 is 0 Å². The Morgan fingerprint density at radius 2 is 1.67 bits per heavy atom. The highest BCUT2D eigenvalue weighted by molar-refractivity contribution is 5.03. The molecule has 2 nitrogen and oxygen atoms in total. The van der Waals surface area contributed by atoms with Gasteiger partial charge in [-0.3, -0.25) is 4.90 Å². The summed E-state index contributed by atoms with van der Waals surface area (Å²) in [7, 11) is 2.10. The van der Waals surface area contributed by atoms with Crippen LogP contribution in [-0.2, 0) is 0 Å². The van der Waals surface area contributed by atoms with Gasteiger partial charge in [0.2, 0.25) is 0 Å². The lowest BCUT2D eigenvalue weighted by molar-refractivity contribution is -0.0781. The van der Waals surface area contributed by atoms with E-state index in [9.17, 15) is 0 Å². The highest BCUT2D eigenvalue weighted by Crippen LogP contribution is 2.60. The van der Waals surface area contributed by atoms with Crippen molar-refractivity contribution in [1.29, 1.82) is 0 Å². The number of nitrogens with one attached hydrogen (secondary N) is 1. The molecule has 4 saturated carbocycles. The molecule has 21 heavy (non-hydrogen) atoms. The summed E-state index contributed by atoms with van der Waals surface area (Å²) in [5, 5.41) is 3.37. The highest BCUT2D eigenvalue weighted by atomic mass is 15.2. The van der Waals surface area contributed by atoms with Crippen molar-refractivity contribution in [1.82, 2.24) is 10.2 Å². The number of hydrogen-bond donors (Lipinski definition) is 1. The zero-order valence-corrected chi connectivity index (χ0v) is 13.9.